The summed E-state index contributed by atoms with van der Waals surface area (Å²) < 4.78 is 11.4. The molecule has 1 saturated carbocycles. The number of carbonyl (C=O) groups excluding carboxylic acids is 2. The van der Waals surface area contributed by atoms with Crippen LogP contribution in [0.3, 0.4) is 0 Å². The SMILES string of the molecule is CC(C)(C)OC(=O)N1C[C@H](NC(=O)c2ncc(-c3cc(C#N)ccc3C3CC3)o2)C[C@H]1CN(N)/C=C\N. The number of nitriles is 1. The molecule has 2 fully saturated rings. The fourth-order valence-corrected chi connectivity index (χ4v) is 4.49. The smallest absolute Gasteiger partial charge is 0.410 e. The molecule has 11 heteroatoms. The molecule has 2 atom stereocenters. The van der Waals surface area contributed by atoms with Gasteiger partial charge in [0.25, 0.3) is 5.89 Å². The van der Waals surface area contributed by atoms with Crippen LogP contribution < -0.4 is 16.9 Å². The van der Waals surface area contributed by atoms with Crippen LogP contribution in [0.4, 0.5) is 4.79 Å². The number of carbonyl (C=O) groups is 2. The van der Waals surface area contributed by atoms with Gasteiger partial charge in [0.2, 0.25) is 0 Å². The van der Waals surface area contributed by atoms with Crippen LogP contribution in [0.15, 0.2) is 41.2 Å². The minimum atomic E-state index is -0.667. The second-order valence-electron chi connectivity index (χ2n) is 10.4. The van der Waals surface area contributed by atoms with E-state index in [0.29, 0.717) is 30.2 Å². The summed E-state index contributed by atoms with van der Waals surface area (Å²) in [6.07, 6.45) is 6.46. The van der Waals surface area contributed by atoms with Crippen molar-refractivity contribution in [3.63, 3.8) is 0 Å². The maximum atomic E-state index is 13.0. The van der Waals surface area contributed by atoms with Crippen LogP contribution >= 0.6 is 0 Å². The van der Waals surface area contributed by atoms with Gasteiger partial charge in [-0.05, 0) is 63.6 Å². The van der Waals surface area contributed by atoms with Crippen molar-refractivity contribution in [1.82, 2.24) is 20.2 Å². The topological polar surface area (TPSA) is 164 Å². The highest BCUT2D eigenvalue weighted by atomic mass is 16.6. The molecule has 0 spiro atoms. The van der Waals surface area contributed by atoms with E-state index in [4.69, 9.17) is 20.7 Å². The molecule has 2 aliphatic rings. The number of nitrogens with one attached hydrogen (secondary N) is 1. The number of nitrogens with zero attached hydrogens (tertiary/aromatic N) is 4. The van der Waals surface area contributed by atoms with Crippen LogP contribution in [-0.2, 0) is 4.74 Å². The second kappa shape index (κ2) is 10.5. The first kappa shape index (κ1) is 26.0. The minimum absolute atomic E-state index is 0.0853. The molecule has 1 aromatic heterocycles. The average Bonchev–Trinajstić information content (AvgIpc) is 3.41. The molecule has 1 saturated heterocycles. The van der Waals surface area contributed by atoms with E-state index in [-0.39, 0.29) is 24.5 Å². The van der Waals surface area contributed by atoms with E-state index < -0.39 is 17.6 Å². The van der Waals surface area contributed by atoms with Crippen molar-refractivity contribution in [1.29, 1.82) is 5.26 Å². The number of nitrogens with two attached hydrogens (primary N) is 2. The molecule has 11 nitrogen and oxygen atoms in total. The monoisotopic (exact) mass is 507 g/mol. The van der Waals surface area contributed by atoms with Crippen molar-refractivity contribution in [2.75, 3.05) is 13.1 Å². The van der Waals surface area contributed by atoms with Crippen molar-refractivity contribution in [2.24, 2.45) is 11.6 Å². The van der Waals surface area contributed by atoms with Gasteiger partial charge in [0.05, 0.1) is 30.4 Å². The normalized spacial score (nSPS) is 19.6. The number of hydrogen-bond acceptors (Lipinski definition) is 9. The molecule has 2 heterocycles. The van der Waals surface area contributed by atoms with Crippen molar-refractivity contribution in [3.05, 3.63) is 53.8 Å². The molecule has 0 bridgehead atoms. The van der Waals surface area contributed by atoms with Crippen molar-refractivity contribution in [3.8, 4) is 17.4 Å². The van der Waals surface area contributed by atoms with E-state index in [9.17, 15) is 14.9 Å². The van der Waals surface area contributed by atoms with Crippen molar-refractivity contribution >= 4 is 12.0 Å². The fourth-order valence-electron chi connectivity index (χ4n) is 4.49. The highest BCUT2D eigenvalue weighted by Crippen LogP contribution is 2.44. The van der Waals surface area contributed by atoms with Gasteiger partial charge in [-0.2, -0.15) is 5.26 Å². The maximum Gasteiger partial charge on any atom is 0.410 e. The molecule has 0 unspecified atom stereocenters. The zero-order valence-electron chi connectivity index (χ0n) is 21.3. The van der Waals surface area contributed by atoms with Crippen LogP contribution in [0, 0.1) is 11.3 Å². The largest absolute Gasteiger partial charge is 0.444 e. The van der Waals surface area contributed by atoms with Gasteiger partial charge in [-0.15, -0.1) is 0 Å². The number of ether oxygens (including phenoxy) is 1. The average molecular weight is 508 g/mol. The Bertz CT molecular complexity index is 1220. The Morgan fingerprint density at radius 3 is 2.78 bits per heavy atom. The van der Waals surface area contributed by atoms with Gasteiger partial charge in [0, 0.05) is 30.5 Å². The second-order valence-corrected chi connectivity index (χ2v) is 10.4. The number of hydrogen-bond donors (Lipinski definition) is 3. The third-order valence-corrected chi connectivity index (χ3v) is 6.24. The maximum absolute atomic E-state index is 13.0. The van der Waals surface area contributed by atoms with Crippen LogP contribution in [0.1, 0.15) is 67.8 Å². The lowest BCUT2D eigenvalue weighted by atomic mass is 9.99. The third-order valence-electron chi connectivity index (χ3n) is 6.24. The highest BCUT2D eigenvalue weighted by molar-refractivity contribution is 5.90. The summed E-state index contributed by atoms with van der Waals surface area (Å²) >= 11 is 0. The van der Waals surface area contributed by atoms with Gasteiger partial charge < -0.3 is 30.1 Å². The molecule has 37 heavy (non-hydrogen) atoms. The van der Waals surface area contributed by atoms with E-state index >= 15 is 0 Å². The summed E-state index contributed by atoms with van der Waals surface area (Å²) in [7, 11) is 0. The number of benzene rings is 1. The van der Waals surface area contributed by atoms with Gasteiger partial charge in [-0.1, -0.05) is 6.07 Å². The van der Waals surface area contributed by atoms with Crippen LogP contribution in [0.2, 0.25) is 0 Å². The lowest BCUT2D eigenvalue weighted by molar-refractivity contribution is 0.0204. The standard InChI is InChI=1S/C26H33N7O4/c1-26(2,3)37-25(35)33-14-18(11-19(33)15-32(29)9-8-27)31-23(34)24-30-13-22(36-24)21-10-16(12-28)4-7-20(21)17-5-6-17/h4,7-10,13,17-19H,5-6,11,14-15,27,29H2,1-3H3,(H,31,34)/b9-8-/t18-,19+/m1/s1. The first-order valence-corrected chi connectivity index (χ1v) is 12.3. The Labute approximate surface area is 216 Å². The van der Waals surface area contributed by atoms with Crippen LogP contribution in [-0.4, -0.2) is 57.7 Å². The molecular formula is C26H33N7O4. The zero-order valence-corrected chi connectivity index (χ0v) is 21.3. The molecule has 5 N–H and O–H groups in total. The van der Waals surface area contributed by atoms with Gasteiger partial charge >= 0.3 is 12.0 Å². The summed E-state index contributed by atoms with van der Waals surface area (Å²) in [5.74, 6) is 6.26. The summed E-state index contributed by atoms with van der Waals surface area (Å²) in [4.78, 5) is 31.6. The van der Waals surface area contributed by atoms with Crippen LogP contribution in [0.25, 0.3) is 11.3 Å². The Hall–Kier alpha value is -4.04. The van der Waals surface area contributed by atoms with Gasteiger partial charge in [-0.25, -0.2) is 15.6 Å². The minimum Gasteiger partial charge on any atom is -0.444 e. The summed E-state index contributed by atoms with van der Waals surface area (Å²) in [5.41, 5.74) is 7.14. The molecular weight excluding hydrogens is 474 g/mol. The molecule has 2 amide bonds. The lowest BCUT2D eigenvalue weighted by Crippen LogP contribution is -2.46. The Morgan fingerprint density at radius 1 is 1.38 bits per heavy atom. The molecule has 1 aliphatic heterocycles. The first-order valence-electron chi connectivity index (χ1n) is 12.3. The summed E-state index contributed by atoms with van der Waals surface area (Å²) in [6, 6.07) is 6.98. The lowest BCUT2D eigenvalue weighted by Gasteiger charge is -2.30. The summed E-state index contributed by atoms with van der Waals surface area (Å²) in [6.45, 7) is 5.94. The van der Waals surface area contributed by atoms with Gasteiger partial charge in [0.15, 0.2) is 5.76 Å². The van der Waals surface area contributed by atoms with Gasteiger partial charge in [0.1, 0.15) is 5.60 Å². The molecule has 2 aromatic rings. The van der Waals surface area contributed by atoms with E-state index in [0.717, 1.165) is 24.0 Å². The van der Waals surface area contributed by atoms with Gasteiger partial charge in [-0.3, -0.25) is 4.79 Å². The molecule has 1 aliphatic carbocycles. The molecule has 0 radical (unpaired) electrons. The number of rotatable bonds is 7. The van der Waals surface area contributed by atoms with Crippen molar-refractivity contribution < 1.29 is 18.7 Å². The first-order chi connectivity index (χ1) is 17.6. The zero-order chi connectivity index (χ0) is 26.7. The van der Waals surface area contributed by atoms with E-state index in [2.05, 4.69) is 16.4 Å². The molecule has 196 valence electrons. The van der Waals surface area contributed by atoms with E-state index in [1.54, 1.807) is 37.8 Å². The predicted octanol–water partition coefficient (Wildman–Crippen LogP) is 2.80. The number of aromatic nitrogens is 1. The molecule has 1 aromatic carbocycles. The Morgan fingerprint density at radius 2 is 2.14 bits per heavy atom. The Kier molecular flexibility index (Phi) is 7.40. The number of likely N-dealkylation sites (tertiary alicyclic amines) is 1. The quantitative estimate of drug-likeness (QED) is 0.377. The number of hydrazine groups is 1. The molecule has 4 rings (SSSR count). The van der Waals surface area contributed by atoms with Crippen LogP contribution in [0.5, 0.6) is 0 Å². The van der Waals surface area contributed by atoms with E-state index in [1.165, 1.54) is 23.6 Å². The number of oxazole rings is 1. The van der Waals surface area contributed by atoms with Crippen molar-refractivity contribution in [2.45, 2.75) is 63.6 Å². The highest BCUT2D eigenvalue weighted by Gasteiger charge is 2.39. The summed E-state index contributed by atoms with van der Waals surface area (Å²) in [5, 5.41) is 13.6. The Balaban J connectivity index is 1.48. The predicted molar refractivity (Wildman–Crippen MR) is 135 cm³/mol. The third kappa shape index (κ3) is 6.40. The number of amides is 2. The fraction of sp³-hybridized carbons (Fsp3) is 0.462. The van der Waals surface area contributed by atoms with E-state index in [1.807, 2.05) is 6.07 Å².